The predicted octanol–water partition coefficient (Wildman–Crippen LogP) is 2.29. The lowest BCUT2D eigenvalue weighted by Gasteiger charge is -2.22. The van der Waals surface area contributed by atoms with Crippen LogP contribution in [-0.2, 0) is 4.79 Å². The molecule has 0 aromatic heterocycles. The minimum Gasteiger partial charge on any atom is -0.341 e. The fraction of sp³-hybridized carbons (Fsp3) is 0.889. The van der Waals surface area contributed by atoms with Gasteiger partial charge < -0.3 is 4.90 Å². The molecule has 0 saturated carbocycles. The van der Waals surface area contributed by atoms with Gasteiger partial charge in [-0.15, -0.1) is 0 Å². The van der Waals surface area contributed by atoms with Crippen LogP contribution in [0.25, 0.3) is 0 Å². The molecule has 0 N–H and O–H groups in total. The number of hydrogen-bond acceptors (Lipinski definition) is 1. The van der Waals surface area contributed by atoms with Gasteiger partial charge in [0.25, 0.3) is 5.91 Å². The summed E-state index contributed by atoms with van der Waals surface area (Å²) in [5, 5.41) is 0. The van der Waals surface area contributed by atoms with E-state index in [1.807, 2.05) is 6.92 Å². The van der Waals surface area contributed by atoms with Crippen LogP contribution in [0.4, 0.5) is 8.78 Å². The summed E-state index contributed by atoms with van der Waals surface area (Å²) in [6, 6.07) is 0. The first-order valence-corrected chi connectivity index (χ1v) is 4.59. The lowest BCUT2D eigenvalue weighted by atomic mass is 10.2. The molecule has 0 fully saturated rings. The second-order valence-electron chi connectivity index (χ2n) is 3.14. The van der Waals surface area contributed by atoms with E-state index in [0.29, 0.717) is 6.54 Å². The maximum absolute atomic E-state index is 12.8. The minimum absolute atomic E-state index is 0.408. The van der Waals surface area contributed by atoms with E-state index < -0.39 is 18.3 Å². The number of unbranched alkanes of at least 4 members (excludes halogenated alkanes) is 1. The summed E-state index contributed by atoms with van der Waals surface area (Å²) in [4.78, 5) is 12.2. The Hall–Kier alpha value is -0.670. The highest BCUT2D eigenvalue weighted by Gasteiger charge is 2.38. The van der Waals surface area contributed by atoms with E-state index in [4.69, 9.17) is 0 Å². The molecule has 13 heavy (non-hydrogen) atoms. The van der Waals surface area contributed by atoms with Crippen molar-refractivity contribution in [1.82, 2.24) is 4.90 Å². The van der Waals surface area contributed by atoms with Crippen molar-refractivity contribution in [2.75, 3.05) is 13.6 Å². The second kappa shape index (κ2) is 5.14. The third-order valence-electron chi connectivity index (χ3n) is 1.95. The van der Waals surface area contributed by atoms with Crippen LogP contribution >= 0.6 is 0 Å². The highest BCUT2D eigenvalue weighted by Crippen LogP contribution is 2.20. The Morgan fingerprint density at radius 1 is 1.38 bits per heavy atom. The maximum Gasteiger partial charge on any atom is 0.324 e. The first-order chi connectivity index (χ1) is 5.95. The first kappa shape index (κ1) is 12.3. The van der Waals surface area contributed by atoms with Crippen LogP contribution in [0, 0.1) is 0 Å². The van der Waals surface area contributed by atoms with Gasteiger partial charge in [0.1, 0.15) is 0 Å². The average molecular weight is 193 g/mol. The van der Waals surface area contributed by atoms with Gasteiger partial charge in [0.2, 0.25) is 0 Å². The number of halogens is 2. The van der Waals surface area contributed by atoms with E-state index in [2.05, 4.69) is 0 Å². The van der Waals surface area contributed by atoms with Crippen LogP contribution in [0.3, 0.4) is 0 Å². The molecule has 0 spiro atoms. The molecule has 0 aliphatic carbocycles. The molecular formula is C9H17F2NO. The molecule has 1 amide bonds. The van der Waals surface area contributed by atoms with E-state index in [-0.39, 0.29) is 0 Å². The molecule has 0 bridgehead atoms. The van der Waals surface area contributed by atoms with Crippen molar-refractivity contribution in [1.29, 1.82) is 0 Å². The quantitative estimate of drug-likeness (QED) is 0.656. The average Bonchev–Trinajstić information content (AvgIpc) is 2.12. The number of carbonyl (C=O) groups excluding carboxylic acids is 1. The summed E-state index contributed by atoms with van der Waals surface area (Å²) in [5.74, 6) is -4.26. The Labute approximate surface area is 77.9 Å². The highest BCUT2D eigenvalue weighted by atomic mass is 19.3. The molecule has 0 heterocycles. The molecule has 0 aromatic rings. The maximum atomic E-state index is 12.8. The third-order valence-corrected chi connectivity index (χ3v) is 1.95. The molecule has 2 nitrogen and oxygen atoms in total. The second-order valence-corrected chi connectivity index (χ2v) is 3.14. The summed E-state index contributed by atoms with van der Waals surface area (Å²) in [7, 11) is 1.42. The number of rotatable bonds is 5. The number of nitrogens with zero attached hydrogens (tertiary/aromatic N) is 1. The first-order valence-electron chi connectivity index (χ1n) is 4.59. The van der Waals surface area contributed by atoms with Crippen molar-refractivity contribution in [2.45, 2.75) is 39.0 Å². The minimum atomic E-state index is -3.19. The Morgan fingerprint density at radius 3 is 2.31 bits per heavy atom. The summed E-state index contributed by atoms with van der Waals surface area (Å²) >= 11 is 0. The summed E-state index contributed by atoms with van der Waals surface area (Å²) in [5.41, 5.74) is 0. The zero-order valence-electron chi connectivity index (χ0n) is 8.44. The molecule has 0 saturated heterocycles. The Bertz CT molecular complexity index is 171. The topological polar surface area (TPSA) is 20.3 Å². The zero-order valence-corrected chi connectivity index (χ0v) is 8.44. The largest absolute Gasteiger partial charge is 0.341 e. The van der Waals surface area contributed by atoms with E-state index in [1.54, 1.807) is 0 Å². The van der Waals surface area contributed by atoms with Crippen LogP contribution in [0.1, 0.15) is 33.1 Å². The number of carbonyl (C=O) groups is 1. The van der Waals surface area contributed by atoms with Crippen LogP contribution in [0.5, 0.6) is 0 Å². The summed E-state index contributed by atoms with van der Waals surface area (Å²) in [6.07, 6.45) is 1.24. The lowest BCUT2D eigenvalue weighted by Crippen LogP contribution is -2.41. The molecule has 0 aromatic carbocycles. The molecule has 0 aliphatic rings. The molecule has 0 unspecified atom stereocenters. The van der Waals surface area contributed by atoms with E-state index in [0.717, 1.165) is 17.7 Å². The number of hydrogen-bond donors (Lipinski definition) is 0. The van der Waals surface area contributed by atoms with Crippen molar-refractivity contribution >= 4 is 5.91 Å². The van der Waals surface area contributed by atoms with E-state index in [1.165, 1.54) is 14.0 Å². The van der Waals surface area contributed by atoms with Crippen molar-refractivity contribution in [3.63, 3.8) is 0 Å². The monoisotopic (exact) mass is 193 g/mol. The SMILES string of the molecule is CCCCN(C)C(=O)C(F)(F)CC. The smallest absolute Gasteiger partial charge is 0.324 e. The van der Waals surface area contributed by atoms with Crippen molar-refractivity contribution in [2.24, 2.45) is 0 Å². The lowest BCUT2D eigenvalue weighted by molar-refractivity contribution is -0.156. The molecule has 0 radical (unpaired) electrons. The van der Waals surface area contributed by atoms with Gasteiger partial charge in [0.05, 0.1) is 0 Å². The molecular weight excluding hydrogens is 176 g/mol. The van der Waals surface area contributed by atoms with Gasteiger partial charge >= 0.3 is 5.92 Å². The van der Waals surface area contributed by atoms with Crippen molar-refractivity contribution < 1.29 is 13.6 Å². The summed E-state index contributed by atoms with van der Waals surface area (Å²) in [6.45, 7) is 3.67. The van der Waals surface area contributed by atoms with Crippen LogP contribution in [0.15, 0.2) is 0 Å². The normalized spacial score (nSPS) is 11.5. The van der Waals surface area contributed by atoms with Crippen molar-refractivity contribution in [3.05, 3.63) is 0 Å². The molecule has 0 rings (SSSR count). The standard InChI is InChI=1S/C9H17F2NO/c1-4-6-7-12(3)8(13)9(10,11)5-2/h4-7H2,1-3H3. The van der Waals surface area contributed by atoms with Crippen LogP contribution in [0.2, 0.25) is 0 Å². The molecule has 4 heteroatoms. The fourth-order valence-corrected chi connectivity index (χ4v) is 0.927. The zero-order chi connectivity index (χ0) is 10.5. The predicted molar refractivity (Wildman–Crippen MR) is 47.8 cm³/mol. The Kier molecular flexibility index (Phi) is 4.88. The van der Waals surface area contributed by atoms with E-state index in [9.17, 15) is 13.6 Å². The van der Waals surface area contributed by atoms with Crippen LogP contribution < -0.4 is 0 Å². The van der Waals surface area contributed by atoms with Gasteiger partial charge in [0.15, 0.2) is 0 Å². The van der Waals surface area contributed by atoms with Gasteiger partial charge in [-0.1, -0.05) is 20.3 Å². The van der Waals surface area contributed by atoms with Gasteiger partial charge in [-0.2, -0.15) is 8.78 Å². The Morgan fingerprint density at radius 2 is 1.92 bits per heavy atom. The van der Waals surface area contributed by atoms with Gasteiger partial charge in [-0.05, 0) is 6.42 Å². The van der Waals surface area contributed by atoms with Gasteiger partial charge in [-0.3, -0.25) is 4.79 Å². The van der Waals surface area contributed by atoms with Crippen molar-refractivity contribution in [3.8, 4) is 0 Å². The molecule has 0 atom stereocenters. The molecule has 0 aliphatic heterocycles. The fourth-order valence-electron chi connectivity index (χ4n) is 0.927. The number of amides is 1. The third kappa shape index (κ3) is 3.70. The highest BCUT2D eigenvalue weighted by molar-refractivity contribution is 5.83. The van der Waals surface area contributed by atoms with Gasteiger partial charge in [0, 0.05) is 20.0 Å². The van der Waals surface area contributed by atoms with Crippen LogP contribution in [-0.4, -0.2) is 30.3 Å². The Balaban J connectivity index is 4.09. The van der Waals surface area contributed by atoms with E-state index >= 15 is 0 Å². The number of alkyl halides is 2. The molecule has 78 valence electrons. The summed E-state index contributed by atoms with van der Waals surface area (Å²) < 4.78 is 25.7. The van der Waals surface area contributed by atoms with Gasteiger partial charge in [-0.25, -0.2) is 0 Å².